The van der Waals surface area contributed by atoms with Gasteiger partial charge in [-0.05, 0) is 24.6 Å². The molecule has 0 heterocycles. The molecular formula is C12H16F4N2O. The second kappa shape index (κ2) is 6.21. The molecule has 108 valence electrons. The van der Waals surface area contributed by atoms with Crippen LogP contribution in [0.25, 0.3) is 0 Å². The van der Waals surface area contributed by atoms with Gasteiger partial charge in [0.15, 0.2) is 0 Å². The fourth-order valence-corrected chi connectivity index (χ4v) is 1.68. The summed E-state index contributed by atoms with van der Waals surface area (Å²) < 4.78 is 51.0. The van der Waals surface area contributed by atoms with Crippen molar-refractivity contribution in [2.75, 3.05) is 24.6 Å². The molecule has 0 aromatic heterocycles. The Morgan fingerprint density at radius 3 is 2.42 bits per heavy atom. The summed E-state index contributed by atoms with van der Waals surface area (Å²) >= 11 is 0. The van der Waals surface area contributed by atoms with Crippen molar-refractivity contribution in [1.29, 1.82) is 0 Å². The molecule has 0 unspecified atom stereocenters. The van der Waals surface area contributed by atoms with Crippen LogP contribution in [0.5, 0.6) is 0 Å². The first-order chi connectivity index (χ1) is 8.74. The van der Waals surface area contributed by atoms with E-state index in [9.17, 15) is 17.6 Å². The molecule has 1 rings (SSSR count). The minimum atomic E-state index is -4.47. The fraction of sp³-hybridized carbons (Fsp3) is 0.500. The van der Waals surface area contributed by atoms with Crippen LogP contribution in [0.4, 0.5) is 23.2 Å². The Labute approximate surface area is 108 Å². The molecule has 0 radical (unpaired) electrons. The largest absolute Gasteiger partial charge is 0.405 e. The number of hydrogen-bond acceptors (Lipinski definition) is 3. The van der Waals surface area contributed by atoms with E-state index in [0.717, 1.165) is 11.0 Å². The summed E-state index contributed by atoms with van der Waals surface area (Å²) in [7, 11) is 0. The molecule has 0 fully saturated rings. The lowest BCUT2D eigenvalue weighted by atomic mass is 10.1. The number of nitrogens with zero attached hydrogens (tertiary/aromatic N) is 1. The van der Waals surface area contributed by atoms with E-state index in [2.05, 4.69) is 0 Å². The molecule has 0 aliphatic heterocycles. The van der Waals surface area contributed by atoms with Crippen LogP contribution in [0.2, 0.25) is 0 Å². The Kier molecular flexibility index (Phi) is 5.13. The summed E-state index contributed by atoms with van der Waals surface area (Å²) in [5.41, 5.74) is 5.87. The molecule has 0 aliphatic carbocycles. The molecular weight excluding hydrogens is 264 g/mol. The summed E-state index contributed by atoms with van der Waals surface area (Å²) in [4.78, 5) is 0.750. The van der Waals surface area contributed by atoms with Crippen molar-refractivity contribution < 1.29 is 22.7 Å². The lowest BCUT2D eigenvalue weighted by molar-refractivity contribution is -0.119. The summed E-state index contributed by atoms with van der Waals surface area (Å²) in [5.74, 6) is -0.785. The number of aliphatic hydroxyl groups is 1. The monoisotopic (exact) mass is 280 g/mol. The van der Waals surface area contributed by atoms with Gasteiger partial charge in [0, 0.05) is 12.6 Å². The van der Waals surface area contributed by atoms with Gasteiger partial charge in [0.1, 0.15) is 12.4 Å². The van der Waals surface area contributed by atoms with Crippen molar-refractivity contribution in [3.63, 3.8) is 0 Å². The van der Waals surface area contributed by atoms with Gasteiger partial charge in [0.05, 0.1) is 12.3 Å². The molecule has 3 nitrogen and oxygen atoms in total. The van der Waals surface area contributed by atoms with Gasteiger partial charge in [-0.1, -0.05) is 6.07 Å². The molecule has 0 aliphatic rings. The van der Waals surface area contributed by atoms with Crippen LogP contribution in [0, 0.1) is 5.82 Å². The lowest BCUT2D eigenvalue weighted by Gasteiger charge is -2.26. The van der Waals surface area contributed by atoms with Crippen LogP contribution in [0.3, 0.4) is 0 Å². The van der Waals surface area contributed by atoms with E-state index in [4.69, 9.17) is 10.8 Å². The highest BCUT2D eigenvalue weighted by molar-refractivity contribution is 5.49. The number of alkyl halides is 3. The molecule has 3 N–H and O–H groups in total. The molecule has 1 aromatic rings. The quantitative estimate of drug-likeness (QED) is 0.813. The van der Waals surface area contributed by atoms with Gasteiger partial charge in [-0.3, -0.25) is 0 Å². The number of aliphatic hydroxyl groups excluding tert-OH is 1. The maximum Gasteiger partial charge on any atom is 0.405 e. The van der Waals surface area contributed by atoms with Crippen molar-refractivity contribution in [2.45, 2.75) is 19.1 Å². The summed E-state index contributed by atoms with van der Waals surface area (Å²) in [6, 6.07) is 3.43. The van der Waals surface area contributed by atoms with Crippen molar-refractivity contribution in [1.82, 2.24) is 0 Å². The second-order valence-electron chi connectivity index (χ2n) is 4.26. The van der Waals surface area contributed by atoms with Gasteiger partial charge in [0.25, 0.3) is 0 Å². The number of rotatable bonds is 5. The SMILES string of the molecule is C[C@@H](N)c1ccc(N(CCO)CC(F)(F)F)c(F)c1. The molecule has 0 spiro atoms. The molecule has 1 atom stereocenters. The minimum Gasteiger partial charge on any atom is -0.395 e. The number of hydrogen-bond donors (Lipinski definition) is 2. The normalized spacial score (nSPS) is 13.4. The fourth-order valence-electron chi connectivity index (χ4n) is 1.68. The van der Waals surface area contributed by atoms with Crippen molar-refractivity contribution in [2.24, 2.45) is 5.73 Å². The van der Waals surface area contributed by atoms with E-state index in [1.807, 2.05) is 0 Å². The molecule has 0 saturated carbocycles. The Hall–Kier alpha value is -1.34. The van der Waals surface area contributed by atoms with Gasteiger partial charge in [-0.2, -0.15) is 13.2 Å². The first-order valence-corrected chi connectivity index (χ1v) is 5.72. The van der Waals surface area contributed by atoms with Crippen molar-refractivity contribution in [3.05, 3.63) is 29.6 Å². The van der Waals surface area contributed by atoms with E-state index in [1.165, 1.54) is 12.1 Å². The zero-order chi connectivity index (χ0) is 14.6. The Bertz CT molecular complexity index is 421. The lowest BCUT2D eigenvalue weighted by Crippen LogP contribution is -2.36. The van der Waals surface area contributed by atoms with Crippen LogP contribution >= 0.6 is 0 Å². The first kappa shape index (κ1) is 15.7. The third-order valence-corrected chi connectivity index (χ3v) is 2.58. The molecule has 0 saturated heterocycles. The number of anilines is 1. The van der Waals surface area contributed by atoms with Gasteiger partial charge >= 0.3 is 6.18 Å². The minimum absolute atomic E-state index is 0.198. The zero-order valence-corrected chi connectivity index (χ0v) is 10.4. The van der Waals surface area contributed by atoms with Crippen LogP contribution in [-0.2, 0) is 0 Å². The smallest absolute Gasteiger partial charge is 0.395 e. The van der Waals surface area contributed by atoms with E-state index < -0.39 is 31.2 Å². The maximum absolute atomic E-state index is 13.8. The standard InChI is InChI=1S/C12H16F4N2O/c1-8(17)9-2-3-11(10(13)6-9)18(4-5-19)7-12(14,15)16/h2-3,6,8,19H,4-5,7,17H2,1H3/t8-/m1/s1. The van der Waals surface area contributed by atoms with E-state index in [1.54, 1.807) is 6.92 Å². The predicted molar refractivity (Wildman–Crippen MR) is 64.4 cm³/mol. The average molecular weight is 280 g/mol. The summed E-state index contributed by atoms with van der Waals surface area (Å²) in [6.07, 6.45) is -4.47. The van der Waals surface area contributed by atoms with Crippen LogP contribution in [0.1, 0.15) is 18.5 Å². The molecule has 7 heteroatoms. The topological polar surface area (TPSA) is 49.5 Å². The highest BCUT2D eigenvalue weighted by atomic mass is 19.4. The molecule has 0 amide bonds. The summed E-state index contributed by atoms with van der Waals surface area (Å²) in [6.45, 7) is -0.462. The Balaban J connectivity index is 3.02. The average Bonchev–Trinajstić information content (AvgIpc) is 2.26. The molecule has 19 heavy (non-hydrogen) atoms. The van der Waals surface area contributed by atoms with Gasteiger partial charge < -0.3 is 15.7 Å². The second-order valence-corrected chi connectivity index (χ2v) is 4.26. The highest BCUT2D eigenvalue weighted by Crippen LogP contribution is 2.26. The highest BCUT2D eigenvalue weighted by Gasteiger charge is 2.31. The maximum atomic E-state index is 13.8. The Morgan fingerprint density at radius 1 is 1.37 bits per heavy atom. The van der Waals surface area contributed by atoms with Crippen molar-refractivity contribution in [3.8, 4) is 0 Å². The zero-order valence-electron chi connectivity index (χ0n) is 10.4. The van der Waals surface area contributed by atoms with E-state index in [-0.39, 0.29) is 12.2 Å². The number of nitrogens with two attached hydrogens (primary N) is 1. The van der Waals surface area contributed by atoms with Gasteiger partial charge in [-0.15, -0.1) is 0 Å². The number of benzene rings is 1. The van der Waals surface area contributed by atoms with Crippen LogP contribution in [-0.4, -0.2) is 31.0 Å². The predicted octanol–water partition coefficient (Wildman–Crippen LogP) is 2.21. The van der Waals surface area contributed by atoms with Crippen LogP contribution in [0.15, 0.2) is 18.2 Å². The summed E-state index contributed by atoms with van der Waals surface area (Å²) in [5, 5.41) is 8.78. The third kappa shape index (κ3) is 4.68. The van der Waals surface area contributed by atoms with E-state index >= 15 is 0 Å². The number of halogens is 4. The van der Waals surface area contributed by atoms with Gasteiger partial charge in [-0.25, -0.2) is 4.39 Å². The molecule has 0 bridgehead atoms. The molecule has 1 aromatic carbocycles. The third-order valence-electron chi connectivity index (χ3n) is 2.58. The van der Waals surface area contributed by atoms with Crippen LogP contribution < -0.4 is 10.6 Å². The van der Waals surface area contributed by atoms with E-state index in [0.29, 0.717) is 5.56 Å². The Morgan fingerprint density at radius 2 is 2.00 bits per heavy atom. The first-order valence-electron chi connectivity index (χ1n) is 5.72. The van der Waals surface area contributed by atoms with Crippen molar-refractivity contribution >= 4 is 5.69 Å². The van der Waals surface area contributed by atoms with Gasteiger partial charge in [0.2, 0.25) is 0 Å².